The molecule has 0 atom stereocenters. The van der Waals surface area contributed by atoms with Gasteiger partial charge < -0.3 is 14.2 Å². The lowest BCUT2D eigenvalue weighted by molar-refractivity contribution is 0.356. The van der Waals surface area contributed by atoms with Crippen molar-refractivity contribution in [1.82, 2.24) is 4.98 Å². The van der Waals surface area contributed by atoms with E-state index in [-0.39, 0.29) is 5.75 Å². The summed E-state index contributed by atoms with van der Waals surface area (Å²) in [6, 6.07) is 10.4. The topological polar surface area (TPSA) is 40.6 Å². The number of aromatic nitrogens is 1. The molecule has 0 unspecified atom stereocenters. The van der Waals surface area contributed by atoms with E-state index in [4.69, 9.17) is 14.2 Å². The monoisotopic (exact) mass is 345 g/mol. The van der Waals surface area contributed by atoms with E-state index in [1.54, 1.807) is 26.4 Å². The van der Waals surface area contributed by atoms with Gasteiger partial charge >= 0.3 is 0 Å². The molecule has 0 amide bonds. The number of halogens is 1. The van der Waals surface area contributed by atoms with Crippen molar-refractivity contribution in [2.45, 2.75) is 0 Å². The SMILES string of the molecule is COc1ccc(-c2csc(-c3cccc(OC)c3OC)n2)cc1F. The van der Waals surface area contributed by atoms with Gasteiger partial charge in [0.2, 0.25) is 0 Å². The standard InChI is InChI=1S/C18H16FNO3S/c1-21-15-8-7-11(9-13(15)19)14-10-24-18(20-14)12-5-4-6-16(22-2)17(12)23-3/h4-10H,1-3H3. The van der Waals surface area contributed by atoms with Crippen LogP contribution in [0.25, 0.3) is 21.8 Å². The van der Waals surface area contributed by atoms with E-state index in [0.717, 1.165) is 10.6 Å². The first-order chi connectivity index (χ1) is 11.7. The molecule has 0 aliphatic carbocycles. The van der Waals surface area contributed by atoms with Gasteiger partial charge in [0.25, 0.3) is 0 Å². The van der Waals surface area contributed by atoms with Crippen molar-refractivity contribution < 1.29 is 18.6 Å². The Bertz CT molecular complexity index is 863. The molecule has 2 aromatic carbocycles. The fraction of sp³-hybridized carbons (Fsp3) is 0.167. The Kier molecular flexibility index (Phi) is 4.66. The molecule has 0 aliphatic heterocycles. The van der Waals surface area contributed by atoms with Gasteiger partial charge in [0, 0.05) is 10.9 Å². The molecule has 0 aliphatic rings. The predicted molar refractivity (Wildman–Crippen MR) is 92.6 cm³/mol. The van der Waals surface area contributed by atoms with Gasteiger partial charge in [-0.05, 0) is 30.3 Å². The number of rotatable bonds is 5. The Labute approximate surface area is 143 Å². The Morgan fingerprint density at radius 2 is 1.75 bits per heavy atom. The normalized spacial score (nSPS) is 10.5. The van der Waals surface area contributed by atoms with Crippen LogP contribution in [0.1, 0.15) is 0 Å². The highest BCUT2D eigenvalue weighted by molar-refractivity contribution is 7.13. The second-order valence-electron chi connectivity index (χ2n) is 4.93. The third kappa shape index (κ3) is 2.92. The Morgan fingerprint density at radius 1 is 0.958 bits per heavy atom. The van der Waals surface area contributed by atoms with Gasteiger partial charge in [0.1, 0.15) is 5.01 Å². The molecule has 1 aromatic heterocycles. The zero-order valence-electron chi connectivity index (χ0n) is 13.5. The molecule has 0 fully saturated rings. The van der Waals surface area contributed by atoms with E-state index in [1.807, 2.05) is 23.6 Å². The van der Waals surface area contributed by atoms with Crippen LogP contribution < -0.4 is 14.2 Å². The molecular weight excluding hydrogens is 329 g/mol. The molecule has 3 aromatic rings. The zero-order chi connectivity index (χ0) is 17.1. The molecule has 4 nitrogen and oxygen atoms in total. The van der Waals surface area contributed by atoms with Crippen LogP contribution in [-0.2, 0) is 0 Å². The highest BCUT2D eigenvalue weighted by Crippen LogP contribution is 2.40. The number of para-hydroxylation sites is 1. The van der Waals surface area contributed by atoms with Gasteiger partial charge in [-0.1, -0.05) is 6.07 Å². The van der Waals surface area contributed by atoms with Gasteiger partial charge in [0.05, 0.1) is 32.6 Å². The lowest BCUT2D eigenvalue weighted by atomic mass is 10.1. The Hall–Kier alpha value is -2.60. The number of benzene rings is 2. The summed E-state index contributed by atoms with van der Waals surface area (Å²) in [4.78, 5) is 4.61. The van der Waals surface area contributed by atoms with Gasteiger partial charge in [0.15, 0.2) is 23.1 Å². The minimum absolute atomic E-state index is 0.212. The van der Waals surface area contributed by atoms with Gasteiger partial charge in [-0.15, -0.1) is 11.3 Å². The lowest BCUT2D eigenvalue weighted by Gasteiger charge is -2.10. The molecule has 1 heterocycles. The average Bonchev–Trinajstić information content (AvgIpc) is 3.10. The van der Waals surface area contributed by atoms with E-state index < -0.39 is 5.82 Å². The molecule has 6 heteroatoms. The summed E-state index contributed by atoms with van der Waals surface area (Å²) >= 11 is 1.46. The lowest BCUT2D eigenvalue weighted by Crippen LogP contribution is -1.93. The third-order valence-electron chi connectivity index (χ3n) is 3.59. The molecule has 0 N–H and O–H groups in total. The fourth-order valence-electron chi connectivity index (χ4n) is 2.41. The smallest absolute Gasteiger partial charge is 0.170 e. The zero-order valence-corrected chi connectivity index (χ0v) is 14.3. The second kappa shape index (κ2) is 6.88. The van der Waals surface area contributed by atoms with Crippen LogP contribution in [0.3, 0.4) is 0 Å². The summed E-state index contributed by atoms with van der Waals surface area (Å²) in [7, 11) is 4.62. The summed E-state index contributed by atoms with van der Waals surface area (Å²) in [5.41, 5.74) is 2.22. The predicted octanol–water partition coefficient (Wildman–Crippen LogP) is 4.64. The van der Waals surface area contributed by atoms with E-state index in [0.29, 0.717) is 22.8 Å². The second-order valence-corrected chi connectivity index (χ2v) is 5.79. The van der Waals surface area contributed by atoms with Crippen LogP contribution in [0.5, 0.6) is 17.2 Å². The first-order valence-corrected chi connectivity index (χ1v) is 8.06. The molecule has 0 spiro atoms. The number of methoxy groups -OCH3 is 3. The average molecular weight is 345 g/mol. The van der Waals surface area contributed by atoms with Crippen molar-refractivity contribution in [3.05, 3.63) is 47.6 Å². The van der Waals surface area contributed by atoms with Crippen LogP contribution in [0.2, 0.25) is 0 Å². The first-order valence-electron chi connectivity index (χ1n) is 7.18. The van der Waals surface area contributed by atoms with Crippen molar-refractivity contribution in [1.29, 1.82) is 0 Å². The minimum atomic E-state index is -0.413. The number of hydrogen-bond donors (Lipinski definition) is 0. The minimum Gasteiger partial charge on any atom is -0.494 e. The van der Waals surface area contributed by atoms with Gasteiger partial charge in [-0.2, -0.15) is 0 Å². The number of ether oxygens (including phenoxy) is 3. The Morgan fingerprint density at radius 3 is 2.42 bits per heavy atom. The summed E-state index contributed by atoms with van der Waals surface area (Å²) < 4.78 is 29.6. The van der Waals surface area contributed by atoms with Crippen molar-refractivity contribution >= 4 is 11.3 Å². The first kappa shape index (κ1) is 16.3. The van der Waals surface area contributed by atoms with E-state index in [9.17, 15) is 4.39 Å². The van der Waals surface area contributed by atoms with Crippen molar-refractivity contribution in [3.63, 3.8) is 0 Å². The molecule has 3 rings (SSSR count). The van der Waals surface area contributed by atoms with Crippen LogP contribution in [0, 0.1) is 5.82 Å². The summed E-state index contributed by atoms with van der Waals surface area (Å²) in [5.74, 6) is 1.07. The fourth-order valence-corrected chi connectivity index (χ4v) is 3.26. The van der Waals surface area contributed by atoms with E-state index >= 15 is 0 Å². The highest BCUT2D eigenvalue weighted by Gasteiger charge is 2.15. The molecule has 0 bridgehead atoms. The summed E-state index contributed by atoms with van der Waals surface area (Å²) in [5, 5.41) is 2.66. The summed E-state index contributed by atoms with van der Waals surface area (Å²) in [6.07, 6.45) is 0. The summed E-state index contributed by atoms with van der Waals surface area (Å²) in [6.45, 7) is 0. The number of thiazole rings is 1. The van der Waals surface area contributed by atoms with Gasteiger partial charge in [-0.25, -0.2) is 9.37 Å². The largest absolute Gasteiger partial charge is 0.494 e. The maximum atomic E-state index is 13.9. The maximum Gasteiger partial charge on any atom is 0.170 e. The molecule has 0 saturated carbocycles. The number of hydrogen-bond acceptors (Lipinski definition) is 5. The molecule has 0 saturated heterocycles. The molecule has 124 valence electrons. The van der Waals surface area contributed by atoms with Crippen molar-refractivity contribution in [2.75, 3.05) is 21.3 Å². The quantitative estimate of drug-likeness (QED) is 0.675. The van der Waals surface area contributed by atoms with Crippen LogP contribution in [0.15, 0.2) is 41.8 Å². The molecular formula is C18H16FNO3S. The van der Waals surface area contributed by atoms with Gasteiger partial charge in [-0.3, -0.25) is 0 Å². The Balaban J connectivity index is 2.01. The maximum absolute atomic E-state index is 13.9. The molecule has 24 heavy (non-hydrogen) atoms. The van der Waals surface area contributed by atoms with E-state index in [1.165, 1.54) is 24.5 Å². The third-order valence-corrected chi connectivity index (χ3v) is 4.46. The number of nitrogens with zero attached hydrogens (tertiary/aromatic N) is 1. The van der Waals surface area contributed by atoms with E-state index in [2.05, 4.69) is 4.98 Å². The highest BCUT2D eigenvalue weighted by atomic mass is 32.1. The van der Waals surface area contributed by atoms with Crippen LogP contribution >= 0.6 is 11.3 Å². The van der Waals surface area contributed by atoms with Crippen molar-refractivity contribution in [2.24, 2.45) is 0 Å². The van der Waals surface area contributed by atoms with Crippen molar-refractivity contribution in [3.8, 4) is 39.1 Å². The molecule has 0 radical (unpaired) electrons. The van der Waals surface area contributed by atoms with Crippen LogP contribution in [0.4, 0.5) is 4.39 Å². The van der Waals surface area contributed by atoms with Crippen LogP contribution in [-0.4, -0.2) is 26.3 Å².